The molecular formula is C6H7+. The average Bonchev–Trinajstić information content (AvgIpc) is 1.86. The van der Waals surface area contributed by atoms with Crippen LogP contribution in [-0.4, -0.2) is 0 Å². The highest BCUT2D eigenvalue weighted by atomic mass is 13.9. The van der Waals surface area contributed by atoms with Gasteiger partial charge >= 0.3 is 0 Å². The van der Waals surface area contributed by atoms with Crippen molar-refractivity contribution >= 4 is 0 Å². The van der Waals surface area contributed by atoms with Crippen molar-refractivity contribution in [3.8, 4) is 0 Å². The van der Waals surface area contributed by atoms with Crippen LogP contribution >= 0.6 is 0 Å². The lowest BCUT2D eigenvalue weighted by molar-refractivity contribution is 1.56. The summed E-state index contributed by atoms with van der Waals surface area (Å²) in [6.45, 7) is 2.08. The molecule has 0 radical (unpaired) electrons. The van der Waals surface area contributed by atoms with Gasteiger partial charge in [0.05, 0.1) is 23.8 Å². The molecule has 6 heavy (non-hydrogen) atoms. The highest BCUT2D eigenvalue weighted by molar-refractivity contribution is 5.31. The van der Waals surface area contributed by atoms with E-state index in [1.54, 1.807) is 0 Å². The highest BCUT2D eigenvalue weighted by Crippen LogP contribution is 2.04. The van der Waals surface area contributed by atoms with Gasteiger partial charge in [-0.2, -0.15) is 0 Å². The third-order valence-electron chi connectivity index (χ3n) is 0.829. The van der Waals surface area contributed by atoms with Gasteiger partial charge in [-0.1, -0.05) is 0 Å². The van der Waals surface area contributed by atoms with E-state index in [-0.39, 0.29) is 0 Å². The predicted octanol–water partition coefficient (Wildman–Crippen LogP) is 1.71. The van der Waals surface area contributed by atoms with Crippen LogP contribution in [0.25, 0.3) is 0 Å². The molecule has 0 heterocycles. The highest BCUT2D eigenvalue weighted by Gasteiger charge is 1.96. The lowest BCUT2D eigenvalue weighted by atomic mass is 10.3. The SMILES string of the molecule is CC1=C[CH+]C=C1. The van der Waals surface area contributed by atoms with Crippen LogP contribution in [0.5, 0.6) is 0 Å². The second-order valence-corrected chi connectivity index (χ2v) is 1.46. The summed E-state index contributed by atoms with van der Waals surface area (Å²) in [7, 11) is 0. The first-order valence-electron chi connectivity index (χ1n) is 2.08. The van der Waals surface area contributed by atoms with E-state index >= 15 is 0 Å². The van der Waals surface area contributed by atoms with Crippen LogP contribution in [0.1, 0.15) is 6.92 Å². The van der Waals surface area contributed by atoms with Crippen molar-refractivity contribution in [2.75, 3.05) is 0 Å². The maximum absolute atomic E-state index is 2.08. The summed E-state index contributed by atoms with van der Waals surface area (Å²) >= 11 is 0. The topological polar surface area (TPSA) is 0 Å². The van der Waals surface area contributed by atoms with Crippen molar-refractivity contribution in [3.05, 3.63) is 30.2 Å². The van der Waals surface area contributed by atoms with E-state index < -0.39 is 0 Å². The van der Waals surface area contributed by atoms with Crippen LogP contribution < -0.4 is 0 Å². The van der Waals surface area contributed by atoms with Crippen LogP contribution in [0.2, 0.25) is 0 Å². The van der Waals surface area contributed by atoms with E-state index in [2.05, 4.69) is 19.1 Å². The van der Waals surface area contributed by atoms with Crippen molar-refractivity contribution in [1.29, 1.82) is 0 Å². The average molecular weight is 79.1 g/mol. The Morgan fingerprint density at radius 1 is 1.67 bits per heavy atom. The van der Waals surface area contributed by atoms with E-state index in [4.69, 9.17) is 0 Å². The minimum atomic E-state index is 1.34. The molecule has 0 spiro atoms. The normalized spacial score (nSPS) is 17.2. The number of hydrogen-bond acceptors (Lipinski definition) is 0. The fourth-order valence-corrected chi connectivity index (χ4v) is 0.470. The molecule has 1 aliphatic rings. The Kier molecular flexibility index (Phi) is 0.714. The van der Waals surface area contributed by atoms with Crippen LogP contribution in [0, 0.1) is 6.42 Å². The van der Waals surface area contributed by atoms with Crippen molar-refractivity contribution in [2.45, 2.75) is 6.92 Å². The van der Waals surface area contributed by atoms with Crippen LogP contribution in [0.4, 0.5) is 0 Å². The smallest absolute Gasteiger partial charge is 0.0186 e. The summed E-state index contributed by atoms with van der Waals surface area (Å²) in [6.07, 6.45) is 8.24. The Hall–Kier alpha value is -0.650. The molecule has 0 aliphatic heterocycles. The summed E-state index contributed by atoms with van der Waals surface area (Å²) in [4.78, 5) is 0. The Balaban J connectivity index is 2.68. The van der Waals surface area contributed by atoms with Gasteiger partial charge in [0, 0.05) is 13.3 Å². The van der Waals surface area contributed by atoms with Crippen molar-refractivity contribution in [1.82, 2.24) is 0 Å². The maximum Gasteiger partial charge on any atom is 0.0901 e. The monoisotopic (exact) mass is 79.1 g/mol. The summed E-state index contributed by atoms with van der Waals surface area (Å²) < 4.78 is 0. The van der Waals surface area contributed by atoms with E-state index in [0.29, 0.717) is 0 Å². The molecule has 0 N–H and O–H groups in total. The summed E-state index contributed by atoms with van der Waals surface area (Å²) in [6, 6.07) is 0. The third-order valence-corrected chi connectivity index (χ3v) is 0.829. The summed E-state index contributed by atoms with van der Waals surface area (Å²) in [5.74, 6) is 0. The maximum atomic E-state index is 2.08. The number of rotatable bonds is 0. The Morgan fingerprint density at radius 3 is 2.67 bits per heavy atom. The molecule has 1 rings (SSSR count). The van der Waals surface area contributed by atoms with Gasteiger partial charge < -0.3 is 0 Å². The lowest BCUT2D eigenvalue weighted by Crippen LogP contribution is -1.52. The zero-order valence-corrected chi connectivity index (χ0v) is 3.81. The molecule has 0 saturated heterocycles. The van der Waals surface area contributed by atoms with Gasteiger partial charge in [0.25, 0.3) is 0 Å². The molecule has 0 bridgehead atoms. The Morgan fingerprint density at radius 2 is 2.50 bits per heavy atom. The molecule has 0 amide bonds. The first-order valence-corrected chi connectivity index (χ1v) is 2.08. The molecule has 30 valence electrons. The quantitative estimate of drug-likeness (QED) is 0.388. The molecule has 0 fully saturated rings. The molecule has 0 heteroatoms. The Bertz CT molecular complexity index is 93.9. The zero-order valence-electron chi connectivity index (χ0n) is 3.81. The molecule has 0 unspecified atom stereocenters. The summed E-state index contributed by atoms with van der Waals surface area (Å²) in [5, 5.41) is 0. The first-order chi connectivity index (χ1) is 2.89. The van der Waals surface area contributed by atoms with Gasteiger partial charge in [-0.3, -0.25) is 0 Å². The van der Waals surface area contributed by atoms with Gasteiger partial charge in [0.15, 0.2) is 0 Å². The van der Waals surface area contributed by atoms with Crippen LogP contribution in [0.15, 0.2) is 23.8 Å². The largest absolute Gasteiger partial charge is 0.0901 e. The van der Waals surface area contributed by atoms with Gasteiger partial charge in [-0.05, 0) is 0 Å². The van der Waals surface area contributed by atoms with Crippen LogP contribution in [0.3, 0.4) is 0 Å². The molecule has 1 aliphatic carbocycles. The van der Waals surface area contributed by atoms with E-state index in [0.717, 1.165) is 0 Å². The number of allylic oxidation sites excluding steroid dienone is 4. The second kappa shape index (κ2) is 1.21. The minimum absolute atomic E-state index is 1.34. The van der Waals surface area contributed by atoms with Gasteiger partial charge in [0.1, 0.15) is 0 Å². The van der Waals surface area contributed by atoms with Gasteiger partial charge in [-0.25, -0.2) is 0 Å². The van der Waals surface area contributed by atoms with E-state index in [1.165, 1.54) is 5.57 Å². The Labute approximate surface area is 38.2 Å². The van der Waals surface area contributed by atoms with Crippen molar-refractivity contribution in [3.63, 3.8) is 0 Å². The molecule has 0 saturated carbocycles. The molecule has 0 aromatic rings. The van der Waals surface area contributed by atoms with E-state index in [9.17, 15) is 0 Å². The molecule has 0 nitrogen and oxygen atoms in total. The molecule has 0 aromatic heterocycles. The fraction of sp³-hybridized carbons (Fsp3) is 0.167. The molecule has 0 aromatic carbocycles. The zero-order chi connectivity index (χ0) is 4.41. The lowest BCUT2D eigenvalue weighted by Gasteiger charge is -1.60. The molecular weight excluding hydrogens is 72.1 g/mol. The third kappa shape index (κ3) is 0.459. The molecule has 0 atom stereocenters. The summed E-state index contributed by atoms with van der Waals surface area (Å²) in [5.41, 5.74) is 1.34. The second-order valence-electron chi connectivity index (χ2n) is 1.46. The first kappa shape index (κ1) is 3.54. The number of hydrogen-bond donors (Lipinski definition) is 0. The van der Waals surface area contributed by atoms with Gasteiger partial charge in [0.2, 0.25) is 0 Å². The predicted molar refractivity (Wildman–Crippen MR) is 27.2 cm³/mol. The standard InChI is InChI=1S/C6H7/c1-6-4-2-3-5-6/h2-5H,1H3/q+1. The van der Waals surface area contributed by atoms with E-state index in [1.807, 2.05) is 12.5 Å². The minimum Gasteiger partial charge on any atom is 0.0186 e. The van der Waals surface area contributed by atoms with Crippen molar-refractivity contribution < 1.29 is 0 Å². The fourth-order valence-electron chi connectivity index (χ4n) is 0.470. The van der Waals surface area contributed by atoms with Crippen molar-refractivity contribution in [2.24, 2.45) is 0 Å². The van der Waals surface area contributed by atoms with Gasteiger partial charge in [-0.15, -0.1) is 0 Å². The van der Waals surface area contributed by atoms with Crippen LogP contribution in [-0.2, 0) is 0 Å².